The molecule has 2 saturated heterocycles. The van der Waals surface area contributed by atoms with Gasteiger partial charge in [0.25, 0.3) is 0 Å². The lowest BCUT2D eigenvalue weighted by Crippen LogP contribution is -2.58. The summed E-state index contributed by atoms with van der Waals surface area (Å²) < 4.78 is 37.6. The molecule has 1 amide bonds. The molecule has 0 aromatic heterocycles. The minimum atomic E-state index is -3.22. The van der Waals surface area contributed by atoms with Crippen molar-refractivity contribution in [1.82, 2.24) is 9.21 Å². The van der Waals surface area contributed by atoms with Crippen LogP contribution >= 0.6 is 0 Å². The summed E-state index contributed by atoms with van der Waals surface area (Å²) in [5, 5.41) is 0. The zero-order valence-electron chi connectivity index (χ0n) is 14.3. The van der Waals surface area contributed by atoms with E-state index in [9.17, 15) is 13.2 Å². The van der Waals surface area contributed by atoms with Gasteiger partial charge in [0.2, 0.25) is 15.9 Å². The van der Waals surface area contributed by atoms with E-state index in [4.69, 9.17) is 9.47 Å². The number of hydrogen-bond donors (Lipinski definition) is 0. The van der Waals surface area contributed by atoms with Crippen LogP contribution < -0.4 is 0 Å². The van der Waals surface area contributed by atoms with E-state index >= 15 is 0 Å². The first-order valence-electron chi connectivity index (χ1n) is 8.18. The molecular weight excluding hydrogens is 320 g/mol. The Hall–Kier alpha value is -0.700. The third-order valence-electron chi connectivity index (χ3n) is 4.83. The van der Waals surface area contributed by atoms with Gasteiger partial charge in [0.05, 0.1) is 18.5 Å². The van der Waals surface area contributed by atoms with Gasteiger partial charge in [-0.15, -0.1) is 0 Å². The first-order chi connectivity index (χ1) is 10.8. The molecule has 134 valence electrons. The van der Waals surface area contributed by atoms with Crippen molar-refractivity contribution in [1.29, 1.82) is 0 Å². The molecule has 0 aliphatic carbocycles. The largest absolute Gasteiger partial charge is 0.377 e. The zero-order chi connectivity index (χ0) is 17.1. The standard InChI is InChI=1S/C15H28N2O5S/c1-4-23(19,20)17-8-6-13-15(11-17,7-5-9-22-13)12-21-10-14(18)16(2)3/h13H,4-12H2,1-3H3. The number of ether oxygens (including phenoxy) is 2. The Balaban J connectivity index is 2.07. The molecule has 2 unspecified atom stereocenters. The van der Waals surface area contributed by atoms with Crippen molar-refractivity contribution in [2.45, 2.75) is 32.3 Å². The average Bonchev–Trinajstić information content (AvgIpc) is 2.53. The molecule has 8 heteroatoms. The van der Waals surface area contributed by atoms with Crippen LogP contribution in [-0.2, 0) is 24.3 Å². The van der Waals surface area contributed by atoms with Crippen LogP contribution in [0.5, 0.6) is 0 Å². The third kappa shape index (κ3) is 4.23. The zero-order valence-corrected chi connectivity index (χ0v) is 15.1. The molecular formula is C15H28N2O5S. The van der Waals surface area contributed by atoms with E-state index in [0.29, 0.717) is 32.7 Å². The Morgan fingerprint density at radius 1 is 1.43 bits per heavy atom. The molecule has 0 spiro atoms. The maximum absolute atomic E-state index is 12.2. The highest BCUT2D eigenvalue weighted by Crippen LogP contribution is 2.41. The van der Waals surface area contributed by atoms with Crippen molar-refractivity contribution < 1.29 is 22.7 Å². The average molecular weight is 348 g/mol. The molecule has 7 nitrogen and oxygen atoms in total. The van der Waals surface area contributed by atoms with Gasteiger partial charge in [-0.05, 0) is 26.2 Å². The molecule has 0 N–H and O–H groups in total. The van der Waals surface area contributed by atoms with Crippen molar-refractivity contribution >= 4 is 15.9 Å². The summed E-state index contributed by atoms with van der Waals surface area (Å²) in [4.78, 5) is 13.2. The van der Waals surface area contributed by atoms with Gasteiger partial charge < -0.3 is 14.4 Å². The fourth-order valence-corrected chi connectivity index (χ4v) is 4.55. The molecule has 2 heterocycles. The predicted molar refractivity (Wildman–Crippen MR) is 86.6 cm³/mol. The Morgan fingerprint density at radius 2 is 2.17 bits per heavy atom. The fourth-order valence-electron chi connectivity index (χ4n) is 3.35. The lowest BCUT2D eigenvalue weighted by atomic mass is 9.73. The number of carbonyl (C=O) groups is 1. The van der Waals surface area contributed by atoms with Gasteiger partial charge in [0.1, 0.15) is 6.61 Å². The topological polar surface area (TPSA) is 76.1 Å². The summed E-state index contributed by atoms with van der Waals surface area (Å²) in [5.41, 5.74) is -0.342. The second kappa shape index (κ2) is 7.46. The molecule has 23 heavy (non-hydrogen) atoms. The minimum Gasteiger partial charge on any atom is -0.377 e. The van der Waals surface area contributed by atoms with Crippen LogP contribution in [0.4, 0.5) is 0 Å². The molecule has 2 aliphatic heterocycles. The molecule has 2 fully saturated rings. The SMILES string of the molecule is CCS(=O)(=O)N1CCC2OCCCC2(COCC(=O)N(C)C)C1. The normalized spacial score (nSPS) is 29.1. The van der Waals surface area contributed by atoms with Crippen LogP contribution in [0.2, 0.25) is 0 Å². The fraction of sp³-hybridized carbons (Fsp3) is 0.933. The first-order valence-corrected chi connectivity index (χ1v) is 9.79. The van der Waals surface area contributed by atoms with Crippen LogP contribution in [-0.4, -0.2) is 82.4 Å². The first kappa shape index (κ1) is 18.6. The van der Waals surface area contributed by atoms with Gasteiger partial charge in [-0.3, -0.25) is 4.79 Å². The van der Waals surface area contributed by atoms with Crippen LogP contribution in [0.15, 0.2) is 0 Å². The smallest absolute Gasteiger partial charge is 0.248 e. The Morgan fingerprint density at radius 3 is 2.83 bits per heavy atom. The number of amides is 1. The quantitative estimate of drug-likeness (QED) is 0.691. The molecule has 0 aromatic rings. The summed E-state index contributed by atoms with van der Waals surface area (Å²) in [7, 11) is 0.157. The second-order valence-electron chi connectivity index (χ2n) is 6.63. The molecule has 2 aliphatic rings. The number of likely N-dealkylation sites (N-methyl/N-ethyl adjacent to an activating group) is 1. The molecule has 2 atom stereocenters. The van der Waals surface area contributed by atoms with E-state index in [2.05, 4.69) is 0 Å². The van der Waals surface area contributed by atoms with Gasteiger partial charge in [0.15, 0.2) is 0 Å². The van der Waals surface area contributed by atoms with E-state index in [0.717, 1.165) is 12.8 Å². The van der Waals surface area contributed by atoms with E-state index in [1.807, 2.05) is 0 Å². The van der Waals surface area contributed by atoms with Crippen LogP contribution in [0.1, 0.15) is 26.2 Å². The number of nitrogens with zero attached hydrogens (tertiary/aromatic N) is 2. The maximum atomic E-state index is 12.2. The number of hydrogen-bond acceptors (Lipinski definition) is 5. The Labute approximate surface area is 139 Å². The van der Waals surface area contributed by atoms with Crippen LogP contribution in [0.3, 0.4) is 0 Å². The number of piperidine rings is 1. The van der Waals surface area contributed by atoms with Gasteiger partial charge in [-0.2, -0.15) is 0 Å². The highest BCUT2D eigenvalue weighted by Gasteiger charge is 2.48. The lowest BCUT2D eigenvalue weighted by molar-refractivity contribution is -0.152. The van der Waals surface area contributed by atoms with Gasteiger partial charge in [-0.25, -0.2) is 12.7 Å². The molecule has 0 radical (unpaired) electrons. The molecule has 0 saturated carbocycles. The third-order valence-corrected chi connectivity index (χ3v) is 6.65. The summed E-state index contributed by atoms with van der Waals surface area (Å²) in [6.45, 7) is 3.67. The van der Waals surface area contributed by atoms with Crippen molar-refractivity contribution in [2.24, 2.45) is 5.41 Å². The Bertz CT molecular complexity index is 522. The summed E-state index contributed by atoms with van der Waals surface area (Å²) in [5.74, 6) is 0.0118. The van der Waals surface area contributed by atoms with Gasteiger partial charge in [-0.1, -0.05) is 0 Å². The Kier molecular flexibility index (Phi) is 6.05. The van der Waals surface area contributed by atoms with Gasteiger partial charge in [0, 0.05) is 39.2 Å². The minimum absolute atomic E-state index is 0.00835. The van der Waals surface area contributed by atoms with Crippen molar-refractivity contribution in [3.8, 4) is 0 Å². The maximum Gasteiger partial charge on any atom is 0.248 e. The number of sulfonamides is 1. The summed E-state index contributed by atoms with van der Waals surface area (Å²) in [6.07, 6.45) is 2.45. The van der Waals surface area contributed by atoms with Crippen molar-refractivity contribution in [3.05, 3.63) is 0 Å². The predicted octanol–water partition coefficient (Wildman–Crippen LogP) is 0.312. The molecule has 0 bridgehead atoms. The highest BCUT2D eigenvalue weighted by atomic mass is 32.2. The molecule has 0 aromatic carbocycles. The highest BCUT2D eigenvalue weighted by molar-refractivity contribution is 7.89. The van der Waals surface area contributed by atoms with Crippen LogP contribution in [0.25, 0.3) is 0 Å². The lowest BCUT2D eigenvalue weighted by Gasteiger charge is -2.49. The van der Waals surface area contributed by atoms with Crippen molar-refractivity contribution in [2.75, 3.05) is 52.8 Å². The summed E-state index contributed by atoms with van der Waals surface area (Å²) in [6, 6.07) is 0. The van der Waals surface area contributed by atoms with Gasteiger partial charge >= 0.3 is 0 Å². The molecule has 2 rings (SSSR count). The van der Waals surface area contributed by atoms with Crippen LogP contribution in [0, 0.1) is 5.41 Å². The second-order valence-corrected chi connectivity index (χ2v) is 8.89. The van der Waals surface area contributed by atoms with E-state index in [-0.39, 0.29) is 29.8 Å². The monoisotopic (exact) mass is 348 g/mol. The summed E-state index contributed by atoms with van der Waals surface area (Å²) >= 11 is 0. The van der Waals surface area contributed by atoms with E-state index < -0.39 is 10.0 Å². The van der Waals surface area contributed by atoms with E-state index in [1.54, 1.807) is 25.3 Å². The van der Waals surface area contributed by atoms with E-state index in [1.165, 1.54) is 4.90 Å². The number of rotatable bonds is 6. The van der Waals surface area contributed by atoms with Crippen molar-refractivity contribution in [3.63, 3.8) is 0 Å². The number of fused-ring (bicyclic) bond motifs is 1. The number of carbonyl (C=O) groups excluding carboxylic acids is 1.